The molecule has 1 aliphatic heterocycles. The molecule has 118 valence electrons. The monoisotopic (exact) mass is 329 g/mol. The highest BCUT2D eigenvalue weighted by molar-refractivity contribution is 7.18. The van der Waals surface area contributed by atoms with Crippen LogP contribution in [0.15, 0.2) is 12.4 Å². The molecule has 0 radical (unpaired) electrons. The first kappa shape index (κ1) is 15.2. The summed E-state index contributed by atoms with van der Waals surface area (Å²) in [6.07, 6.45) is -2.07. The Bertz CT molecular complexity index is 698. The van der Waals surface area contributed by atoms with Crippen molar-refractivity contribution in [2.24, 2.45) is 0 Å². The van der Waals surface area contributed by atoms with E-state index in [1.807, 2.05) is 4.90 Å². The fraction of sp³-hybridized carbons (Fsp3) is 0.500. The van der Waals surface area contributed by atoms with Gasteiger partial charge in [-0.3, -0.25) is 4.79 Å². The highest BCUT2D eigenvalue weighted by Gasteiger charge is 2.29. The average molecular weight is 329 g/mol. The van der Waals surface area contributed by atoms with Crippen LogP contribution in [0.25, 0.3) is 10.2 Å². The van der Waals surface area contributed by atoms with Gasteiger partial charge in [-0.05, 0) is 12.5 Å². The van der Waals surface area contributed by atoms with Gasteiger partial charge in [-0.15, -0.1) is 11.3 Å². The van der Waals surface area contributed by atoms with Gasteiger partial charge in [0.15, 0.2) is 0 Å². The van der Waals surface area contributed by atoms with E-state index < -0.39 is 12.6 Å². The minimum atomic E-state index is -4.23. The van der Waals surface area contributed by atoms with E-state index in [-0.39, 0.29) is 10.7 Å². The Morgan fingerprint density at radius 3 is 2.82 bits per heavy atom. The van der Waals surface area contributed by atoms with Gasteiger partial charge in [0.2, 0.25) is 0 Å². The van der Waals surface area contributed by atoms with Gasteiger partial charge >= 0.3 is 6.18 Å². The van der Waals surface area contributed by atoms with E-state index in [1.165, 1.54) is 12.4 Å². The van der Waals surface area contributed by atoms with Gasteiger partial charge < -0.3 is 4.90 Å². The summed E-state index contributed by atoms with van der Waals surface area (Å²) in [6, 6.07) is 1.52. The van der Waals surface area contributed by atoms with Crippen LogP contribution < -0.4 is 4.90 Å². The molecule has 0 bridgehead atoms. The molecule has 0 N–H and O–H groups in total. The SMILES string of the molecule is O=C1CCCN(c2ncnc3sc(CC(F)(F)F)cc23)CC1. The van der Waals surface area contributed by atoms with Gasteiger partial charge in [-0.2, -0.15) is 13.2 Å². The highest BCUT2D eigenvalue weighted by Crippen LogP contribution is 2.34. The van der Waals surface area contributed by atoms with Crippen LogP contribution in [0.3, 0.4) is 0 Å². The zero-order chi connectivity index (χ0) is 15.7. The number of Topliss-reactive ketones (excluding diaryl/α,β-unsaturated/α-hetero) is 1. The summed E-state index contributed by atoms with van der Waals surface area (Å²) < 4.78 is 37.6. The molecule has 3 heterocycles. The van der Waals surface area contributed by atoms with E-state index in [0.29, 0.717) is 42.0 Å². The number of hydrogen-bond donors (Lipinski definition) is 0. The highest BCUT2D eigenvalue weighted by atomic mass is 32.1. The summed E-state index contributed by atoms with van der Waals surface area (Å²) in [6.45, 7) is 1.23. The molecule has 2 aromatic heterocycles. The zero-order valence-corrected chi connectivity index (χ0v) is 12.5. The second-order valence-electron chi connectivity index (χ2n) is 5.30. The molecule has 0 spiro atoms. The number of ketones is 1. The second-order valence-corrected chi connectivity index (χ2v) is 6.42. The summed E-state index contributed by atoms with van der Waals surface area (Å²) >= 11 is 1.04. The van der Waals surface area contributed by atoms with E-state index in [4.69, 9.17) is 0 Å². The maximum Gasteiger partial charge on any atom is 0.393 e. The van der Waals surface area contributed by atoms with Crippen LogP contribution in [0.1, 0.15) is 24.1 Å². The average Bonchev–Trinajstić information content (AvgIpc) is 2.69. The Labute approximate surface area is 129 Å². The molecule has 1 aliphatic rings. The number of carbonyl (C=O) groups is 1. The fourth-order valence-electron chi connectivity index (χ4n) is 2.60. The van der Waals surface area contributed by atoms with Gasteiger partial charge in [0.25, 0.3) is 0 Å². The molecule has 0 aromatic carbocycles. The maximum atomic E-state index is 12.5. The van der Waals surface area contributed by atoms with Crippen molar-refractivity contribution < 1.29 is 18.0 Å². The van der Waals surface area contributed by atoms with E-state index in [2.05, 4.69) is 9.97 Å². The van der Waals surface area contributed by atoms with Gasteiger partial charge in [0, 0.05) is 30.8 Å². The molecule has 2 aromatic rings. The van der Waals surface area contributed by atoms with Crippen molar-refractivity contribution in [2.45, 2.75) is 31.9 Å². The minimum Gasteiger partial charge on any atom is -0.356 e. The Morgan fingerprint density at radius 1 is 1.23 bits per heavy atom. The summed E-state index contributed by atoms with van der Waals surface area (Å²) in [7, 11) is 0. The number of aromatic nitrogens is 2. The molecule has 0 atom stereocenters. The number of rotatable bonds is 2. The van der Waals surface area contributed by atoms with Crippen LogP contribution in [-0.4, -0.2) is 35.0 Å². The third-order valence-electron chi connectivity index (χ3n) is 3.58. The Kier molecular flexibility index (Phi) is 4.03. The minimum absolute atomic E-state index is 0.218. The zero-order valence-electron chi connectivity index (χ0n) is 11.7. The molecule has 22 heavy (non-hydrogen) atoms. The molecule has 0 aliphatic carbocycles. The van der Waals surface area contributed by atoms with Gasteiger partial charge in [-0.25, -0.2) is 9.97 Å². The molecule has 3 rings (SSSR count). The van der Waals surface area contributed by atoms with Gasteiger partial charge in [0.05, 0.1) is 11.8 Å². The van der Waals surface area contributed by atoms with E-state index >= 15 is 0 Å². The van der Waals surface area contributed by atoms with Crippen molar-refractivity contribution >= 4 is 33.2 Å². The third-order valence-corrected chi connectivity index (χ3v) is 4.62. The van der Waals surface area contributed by atoms with Crippen LogP contribution in [-0.2, 0) is 11.2 Å². The number of halogens is 3. The lowest BCUT2D eigenvalue weighted by atomic mass is 10.2. The summed E-state index contributed by atoms with van der Waals surface area (Å²) in [5.74, 6) is 0.847. The number of thiophene rings is 1. The van der Waals surface area contributed by atoms with Crippen molar-refractivity contribution in [1.29, 1.82) is 0 Å². The van der Waals surface area contributed by atoms with Crippen LogP contribution in [0.5, 0.6) is 0 Å². The number of carbonyl (C=O) groups excluding carboxylic acids is 1. The van der Waals surface area contributed by atoms with Crippen LogP contribution >= 0.6 is 11.3 Å². The normalized spacial score (nSPS) is 17.0. The number of nitrogens with zero attached hydrogens (tertiary/aromatic N) is 3. The Morgan fingerprint density at radius 2 is 2.05 bits per heavy atom. The molecule has 0 saturated carbocycles. The van der Waals surface area contributed by atoms with Crippen molar-refractivity contribution in [1.82, 2.24) is 9.97 Å². The van der Waals surface area contributed by atoms with Crippen LogP contribution in [0, 0.1) is 0 Å². The topological polar surface area (TPSA) is 46.1 Å². The third kappa shape index (κ3) is 3.37. The van der Waals surface area contributed by atoms with Crippen LogP contribution in [0.4, 0.5) is 19.0 Å². The lowest BCUT2D eigenvalue weighted by Crippen LogP contribution is -2.25. The first-order valence-electron chi connectivity index (χ1n) is 6.99. The quantitative estimate of drug-likeness (QED) is 0.848. The van der Waals surface area contributed by atoms with Gasteiger partial charge in [-0.1, -0.05) is 0 Å². The number of hydrogen-bond acceptors (Lipinski definition) is 5. The number of anilines is 1. The largest absolute Gasteiger partial charge is 0.393 e. The predicted molar refractivity (Wildman–Crippen MR) is 78.2 cm³/mol. The van der Waals surface area contributed by atoms with E-state index in [9.17, 15) is 18.0 Å². The number of alkyl halides is 3. The predicted octanol–water partition coefficient (Wildman–Crippen LogP) is 3.36. The molecule has 1 saturated heterocycles. The smallest absolute Gasteiger partial charge is 0.356 e. The van der Waals surface area contributed by atoms with Crippen molar-refractivity contribution in [3.8, 4) is 0 Å². The van der Waals surface area contributed by atoms with Crippen LogP contribution in [0.2, 0.25) is 0 Å². The molecule has 4 nitrogen and oxygen atoms in total. The molecule has 8 heteroatoms. The summed E-state index contributed by atoms with van der Waals surface area (Å²) in [4.78, 5) is 22.6. The van der Waals surface area contributed by atoms with Crippen molar-refractivity contribution in [2.75, 3.05) is 18.0 Å². The molecular weight excluding hydrogens is 315 g/mol. The Balaban J connectivity index is 1.94. The lowest BCUT2D eigenvalue weighted by Gasteiger charge is -2.21. The summed E-state index contributed by atoms with van der Waals surface area (Å²) in [5.41, 5.74) is 0. The second kappa shape index (κ2) is 5.83. The molecule has 1 fully saturated rings. The van der Waals surface area contributed by atoms with E-state index in [0.717, 1.165) is 17.8 Å². The fourth-order valence-corrected chi connectivity index (χ4v) is 3.63. The first-order valence-corrected chi connectivity index (χ1v) is 7.81. The maximum absolute atomic E-state index is 12.5. The summed E-state index contributed by atoms with van der Waals surface area (Å²) in [5, 5.41) is 0.640. The Hall–Kier alpha value is -1.70. The van der Waals surface area contributed by atoms with E-state index in [1.54, 1.807) is 0 Å². The lowest BCUT2D eigenvalue weighted by molar-refractivity contribution is -0.126. The molecular formula is C14H14F3N3OS. The molecule has 0 amide bonds. The molecule has 0 unspecified atom stereocenters. The standard InChI is InChI=1S/C14H14F3N3OS/c15-14(16,17)7-10-6-11-12(18-8-19-13(11)22-10)20-4-1-2-9(21)3-5-20/h6,8H,1-5,7H2. The van der Waals surface area contributed by atoms with Gasteiger partial charge in [0.1, 0.15) is 22.8 Å². The first-order chi connectivity index (χ1) is 10.4. The van der Waals surface area contributed by atoms with Crippen molar-refractivity contribution in [3.05, 3.63) is 17.3 Å². The van der Waals surface area contributed by atoms with Crippen molar-refractivity contribution in [3.63, 3.8) is 0 Å². The number of fused-ring (bicyclic) bond motifs is 1.